The van der Waals surface area contributed by atoms with Crippen molar-refractivity contribution in [2.75, 3.05) is 18.6 Å². The number of hydrogen-bond donors (Lipinski definition) is 1. The fraction of sp³-hybridized carbons (Fsp3) is 0.474. The second-order valence-electron chi connectivity index (χ2n) is 7.85. The van der Waals surface area contributed by atoms with Crippen molar-refractivity contribution >= 4 is 20.7 Å². The van der Waals surface area contributed by atoms with Crippen LogP contribution < -0.4 is 10.5 Å². The van der Waals surface area contributed by atoms with Gasteiger partial charge in [0.05, 0.1) is 41.2 Å². The van der Waals surface area contributed by atoms with E-state index >= 15 is 0 Å². The van der Waals surface area contributed by atoms with Gasteiger partial charge in [-0.2, -0.15) is 9.78 Å². The van der Waals surface area contributed by atoms with E-state index in [4.69, 9.17) is 0 Å². The van der Waals surface area contributed by atoms with Gasteiger partial charge in [0.15, 0.2) is 16.5 Å². The molecule has 9 nitrogen and oxygen atoms in total. The fourth-order valence-electron chi connectivity index (χ4n) is 4.02. The second kappa shape index (κ2) is 7.34. The molecule has 29 heavy (non-hydrogen) atoms. The molecule has 2 atom stereocenters. The van der Waals surface area contributed by atoms with Crippen LogP contribution in [0.3, 0.4) is 0 Å². The number of benzene rings is 1. The van der Waals surface area contributed by atoms with Gasteiger partial charge >= 0.3 is 0 Å². The first-order valence-electron chi connectivity index (χ1n) is 9.64. The third-order valence-electron chi connectivity index (χ3n) is 5.56. The number of aromatic nitrogens is 5. The summed E-state index contributed by atoms with van der Waals surface area (Å²) in [7, 11) is -0.984. The van der Waals surface area contributed by atoms with Crippen LogP contribution in [0, 0.1) is 13.8 Å². The monoisotopic (exact) mass is 417 g/mol. The summed E-state index contributed by atoms with van der Waals surface area (Å²) in [4.78, 5) is 13.7. The Morgan fingerprint density at radius 3 is 2.72 bits per heavy atom. The van der Waals surface area contributed by atoms with E-state index in [1.54, 1.807) is 12.1 Å². The largest absolute Gasteiger partial charge is 0.315 e. The second-order valence-corrected chi connectivity index (χ2v) is 10.1. The van der Waals surface area contributed by atoms with Crippen molar-refractivity contribution < 1.29 is 13.3 Å². The van der Waals surface area contributed by atoms with Crippen LogP contribution in [0.4, 0.5) is 0 Å². The molecule has 0 spiro atoms. The molecule has 10 heteroatoms. The zero-order valence-electron chi connectivity index (χ0n) is 16.8. The molecule has 1 N–H and O–H groups in total. The molecule has 1 aliphatic heterocycles. The van der Waals surface area contributed by atoms with Crippen LogP contribution in [0.1, 0.15) is 29.4 Å². The third-order valence-corrected chi connectivity index (χ3v) is 7.31. The highest BCUT2D eigenvalue weighted by Crippen LogP contribution is 2.26. The standard InChI is InChI=1S/C19H24N6O3S/c1-13-17(14(2)25(21-13)15-8-9-29(27,28)11-15)10-23(3)12-24-19(26)16-6-4-5-7-18(16)20-22-24/h4-7,15H,8-12H2,1-3H3/p+1/t15-/m0/s1. The van der Waals surface area contributed by atoms with E-state index in [1.807, 2.05) is 37.7 Å². The quantitative estimate of drug-likeness (QED) is 0.608. The summed E-state index contributed by atoms with van der Waals surface area (Å²) < 4.78 is 26.9. The number of hydrogen-bond acceptors (Lipinski definition) is 6. The Bertz CT molecular complexity index is 1230. The van der Waals surface area contributed by atoms with Gasteiger partial charge in [-0.25, -0.2) is 8.42 Å². The van der Waals surface area contributed by atoms with Crippen LogP contribution in [-0.4, -0.2) is 51.7 Å². The topological polar surface area (TPSA) is 104 Å². The van der Waals surface area contributed by atoms with E-state index in [2.05, 4.69) is 15.4 Å². The molecule has 0 amide bonds. The predicted molar refractivity (Wildman–Crippen MR) is 108 cm³/mol. The summed E-state index contributed by atoms with van der Waals surface area (Å²) in [6, 6.07) is 7.08. The van der Waals surface area contributed by atoms with Crippen LogP contribution in [0.5, 0.6) is 0 Å². The lowest BCUT2D eigenvalue weighted by Gasteiger charge is -2.15. The highest BCUT2D eigenvalue weighted by molar-refractivity contribution is 7.91. The number of rotatable bonds is 5. The van der Waals surface area contributed by atoms with Gasteiger partial charge in [-0.3, -0.25) is 9.48 Å². The Hall–Kier alpha value is -2.59. The normalized spacial score (nSPS) is 19.6. The van der Waals surface area contributed by atoms with Gasteiger partial charge < -0.3 is 4.90 Å². The van der Waals surface area contributed by atoms with E-state index in [0.29, 0.717) is 30.5 Å². The van der Waals surface area contributed by atoms with Gasteiger partial charge in [-0.05, 0) is 32.4 Å². The summed E-state index contributed by atoms with van der Waals surface area (Å²) >= 11 is 0. The van der Waals surface area contributed by atoms with Gasteiger partial charge in [0, 0.05) is 5.69 Å². The zero-order valence-corrected chi connectivity index (χ0v) is 17.6. The maximum absolute atomic E-state index is 12.7. The number of fused-ring (bicyclic) bond motifs is 1. The van der Waals surface area contributed by atoms with Crippen molar-refractivity contribution in [3.05, 3.63) is 51.6 Å². The molecule has 1 unspecified atom stereocenters. The van der Waals surface area contributed by atoms with Crippen molar-refractivity contribution in [2.45, 2.75) is 39.5 Å². The maximum atomic E-state index is 12.7. The van der Waals surface area contributed by atoms with E-state index in [9.17, 15) is 13.2 Å². The van der Waals surface area contributed by atoms with E-state index in [1.165, 1.54) is 4.68 Å². The molecule has 0 bridgehead atoms. The zero-order chi connectivity index (χ0) is 20.8. The lowest BCUT2D eigenvalue weighted by molar-refractivity contribution is -0.917. The van der Waals surface area contributed by atoms with Crippen molar-refractivity contribution in [3.63, 3.8) is 0 Å². The third kappa shape index (κ3) is 3.82. The number of nitrogens with one attached hydrogen (secondary N) is 1. The van der Waals surface area contributed by atoms with Gasteiger partial charge in [0.1, 0.15) is 12.1 Å². The summed E-state index contributed by atoms with van der Waals surface area (Å²) in [6.45, 7) is 4.95. The lowest BCUT2D eigenvalue weighted by Crippen LogP contribution is -3.07. The molecule has 1 aliphatic rings. The maximum Gasteiger partial charge on any atom is 0.282 e. The predicted octanol–water partition coefficient (Wildman–Crippen LogP) is -0.363. The molecule has 3 aromatic rings. The Morgan fingerprint density at radius 1 is 1.24 bits per heavy atom. The number of quaternary nitrogens is 1. The van der Waals surface area contributed by atoms with Crippen LogP contribution >= 0.6 is 0 Å². The number of nitrogens with zero attached hydrogens (tertiary/aromatic N) is 5. The first-order valence-corrected chi connectivity index (χ1v) is 11.5. The first-order chi connectivity index (χ1) is 13.7. The van der Waals surface area contributed by atoms with Crippen LogP contribution in [0.25, 0.3) is 10.9 Å². The van der Waals surface area contributed by atoms with E-state index in [-0.39, 0.29) is 23.1 Å². The van der Waals surface area contributed by atoms with Gasteiger partial charge in [0.25, 0.3) is 5.56 Å². The SMILES string of the molecule is Cc1nn([C@H]2CCS(=O)(=O)C2)c(C)c1C[NH+](C)Cn1nnc2ccccc2c1=O. The minimum Gasteiger partial charge on any atom is -0.315 e. The minimum absolute atomic E-state index is 0.0956. The molecule has 4 rings (SSSR count). The lowest BCUT2D eigenvalue weighted by atomic mass is 10.2. The fourth-order valence-corrected chi connectivity index (χ4v) is 5.71. The van der Waals surface area contributed by atoms with Crippen molar-refractivity contribution in [1.29, 1.82) is 0 Å². The number of aryl methyl sites for hydroxylation is 1. The van der Waals surface area contributed by atoms with Crippen LogP contribution in [0.15, 0.2) is 29.1 Å². The van der Waals surface area contributed by atoms with Crippen molar-refractivity contribution in [3.8, 4) is 0 Å². The van der Waals surface area contributed by atoms with E-state index in [0.717, 1.165) is 21.9 Å². The smallest absolute Gasteiger partial charge is 0.282 e. The molecule has 2 aromatic heterocycles. The first kappa shape index (κ1) is 19.7. The highest BCUT2D eigenvalue weighted by atomic mass is 32.2. The van der Waals surface area contributed by atoms with Gasteiger partial charge in [-0.15, -0.1) is 5.10 Å². The minimum atomic E-state index is -2.97. The molecule has 1 fully saturated rings. The molecule has 154 valence electrons. The summed E-state index contributed by atoms with van der Waals surface area (Å²) in [5, 5.41) is 13.4. The molecule has 0 saturated carbocycles. The average Bonchev–Trinajstić information content (AvgIpc) is 3.17. The van der Waals surface area contributed by atoms with Crippen LogP contribution in [-0.2, 0) is 23.1 Å². The van der Waals surface area contributed by atoms with Gasteiger partial charge in [-0.1, -0.05) is 17.3 Å². The summed E-state index contributed by atoms with van der Waals surface area (Å²) in [5.41, 5.74) is 3.39. The Labute approximate surface area is 168 Å². The molecular weight excluding hydrogens is 392 g/mol. The molecule has 1 saturated heterocycles. The Balaban J connectivity index is 1.54. The summed E-state index contributed by atoms with van der Waals surface area (Å²) in [5.74, 6) is 0.374. The molecule has 3 heterocycles. The highest BCUT2D eigenvalue weighted by Gasteiger charge is 2.31. The molecule has 0 radical (unpaired) electrons. The number of sulfone groups is 1. The molecular formula is C19H25N6O3S+. The van der Waals surface area contributed by atoms with E-state index < -0.39 is 9.84 Å². The molecule has 1 aromatic carbocycles. The molecule has 0 aliphatic carbocycles. The average molecular weight is 418 g/mol. The van der Waals surface area contributed by atoms with Gasteiger partial charge in [0.2, 0.25) is 0 Å². The van der Waals surface area contributed by atoms with Crippen LogP contribution in [0.2, 0.25) is 0 Å². The Kier molecular flexibility index (Phi) is 4.99. The van der Waals surface area contributed by atoms with Crippen molar-refractivity contribution in [2.24, 2.45) is 0 Å². The Morgan fingerprint density at radius 2 is 2.00 bits per heavy atom. The summed E-state index contributed by atoms with van der Waals surface area (Å²) in [6.07, 6.45) is 0.606. The van der Waals surface area contributed by atoms with Crippen molar-refractivity contribution in [1.82, 2.24) is 24.8 Å².